The number of aryl methyl sites for hydroxylation is 2. The van der Waals surface area contributed by atoms with Crippen LogP contribution in [0.1, 0.15) is 30.0 Å². The first-order chi connectivity index (χ1) is 6.34. The van der Waals surface area contributed by atoms with Gasteiger partial charge < -0.3 is 5.32 Å². The summed E-state index contributed by atoms with van der Waals surface area (Å²) >= 11 is 1.75. The molecule has 1 saturated carbocycles. The number of hydrogen-bond acceptors (Lipinski definition) is 3. The lowest BCUT2D eigenvalue weighted by atomic mass is 10.2. The van der Waals surface area contributed by atoms with E-state index in [1.54, 1.807) is 11.3 Å². The molecule has 1 aliphatic carbocycles. The molecule has 1 aromatic heterocycles. The second-order valence-corrected chi connectivity index (χ2v) is 4.75. The van der Waals surface area contributed by atoms with E-state index >= 15 is 0 Å². The van der Waals surface area contributed by atoms with E-state index in [2.05, 4.69) is 22.6 Å². The zero-order valence-corrected chi connectivity index (χ0v) is 8.86. The van der Waals surface area contributed by atoms with Crippen LogP contribution in [0, 0.1) is 6.92 Å². The van der Waals surface area contributed by atoms with Gasteiger partial charge >= 0.3 is 0 Å². The van der Waals surface area contributed by atoms with Gasteiger partial charge in [-0.05, 0) is 39.2 Å². The van der Waals surface area contributed by atoms with E-state index in [0.717, 1.165) is 19.0 Å². The van der Waals surface area contributed by atoms with E-state index in [4.69, 9.17) is 0 Å². The van der Waals surface area contributed by atoms with Crippen molar-refractivity contribution < 1.29 is 0 Å². The smallest absolute Gasteiger partial charge is 0.0897 e. The Bertz CT molecular complexity index is 266. The van der Waals surface area contributed by atoms with Crippen LogP contribution in [0.5, 0.6) is 0 Å². The van der Waals surface area contributed by atoms with Gasteiger partial charge in [-0.25, -0.2) is 4.98 Å². The number of thiazole rings is 1. The number of nitrogens with one attached hydrogen (secondary N) is 1. The maximum atomic E-state index is 4.43. The van der Waals surface area contributed by atoms with Crippen LogP contribution in [-0.2, 0) is 6.42 Å². The summed E-state index contributed by atoms with van der Waals surface area (Å²) in [4.78, 5) is 4.43. The standard InChI is InChI=1S/C10H16N2S/c1-8-12-10(7-13-8)3-2-6-11-9-4-5-9/h7,9,11H,2-6H2,1H3. The molecule has 2 rings (SSSR count). The summed E-state index contributed by atoms with van der Waals surface area (Å²) in [5.41, 5.74) is 1.26. The lowest BCUT2D eigenvalue weighted by Crippen LogP contribution is -2.17. The molecule has 1 N–H and O–H groups in total. The van der Waals surface area contributed by atoms with Crippen LogP contribution in [0.2, 0.25) is 0 Å². The van der Waals surface area contributed by atoms with Crippen molar-refractivity contribution in [3.8, 4) is 0 Å². The molecule has 1 aromatic rings. The Kier molecular flexibility index (Phi) is 2.96. The SMILES string of the molecule is Cc1nc(CCCNC2CC2)cs1. The molecule has 0 saturated heterocycles. The van der Waals surface area contributed by atoms with Crippen LogP contribution < -0.4 is 5.32 Å². The van der Waals surface area contributed by atoms with Crippen molar-refractivity contribution in [3.05, 3.63) is 16.1 Å². The largest absolute Gasteiger partial charge is 0.314 e. The van der Waals surface area contributed by atoms with Crippen LogP contribution in [0.15, 0.2) is 5.38 Å². The summed E-state index contributed by atoms with van der Waals surface area (Å²) in [5.74, 6) is 0. The summed E-state index contributed by atoms with van der Waals surface area (Å²) < 4.78 is 0. The van der Waals surface area contributed by atoms with Crippen molar-refractivity contribution >= 4 is 11.3 Å². The van der Waals surface area contributed by atoms with Crippen LogP contribution in [-0.4, -0.2) is 17.6 Å². The Morgan fingerprint density at radius 2 is 2.46 bits per heavy atom. The molecular weight excluding hydrogens is 180 g/mol. The molecule has 1 fully saturated rings. The van der Waals surface area contributed by atoms with E-state index in [1.807, 2.05) is 0 Å². The molecule has 13 heavy (non-hydrogen) atoms. The van der Waals surface area contributed by atoms with Crippen molar-refractivity contribution in [2.24, 2.45) is 0 Å². The van der Waals surface area contributed by atoms with E-state index in [1.165, 1.54) is 30.0 Å². The lowest BCUT2D eigenvalue weighted by Gasteiger charge is -1.99. The van der Waals surface area contributed by atoms with Gasteiger partial charge in [0, 0.05) is 11.4 Å². The molecule has 0 radical (unpaired) electrons. The summed E-state index contributed by atoms with van der Waals surface area (Å²) in [6, 6.07) is 0.845. The average Bonchev–Trinajstić information content (AvgIpc) is 2.84. The summed E-state index contributed by atoms with van der Waals surface area (Å²) in [6.07, 6.45) is 5.12. The molecule has 0 atom stereocenters. The molecule has 0 unspecified atom stereocenters. The van der Waals surface area contributed by atoms with Crippen molar-refractivity contribution in [2.75, 3.05) is 6.54 Å². The summed E-state index contributed by atoms with van der Waals surface area (Å²) in [6.45, 7) is 3.22. The fraction of sp³-hybridized carbons (Fsp3) is 0.700. The topological polar surface area (TPSA) is 24.9 Å². The maximum absolute atomic E-state index is 4.43. The summed E-state index contributed by atoms with van der Waals surface area (Å²) in [7, 11) is 0. The number of hydrogen-bond donors (Lipinski definition) is 1. The molecule has 1 heterocycles. The van der Waals surface area contributed by atoms with Gasteiger partial charge in [-0.1, -0.05) is 0 Å². The molecule has 0 aliphatic heterocycles. The van der Waals surface area contributed by atoms with Crippen molar-refractivity contribution in [3.63, 3.8) is 0 Å². The lowest BCUT2D eigenvalue weighted by molar-refractivity contribution is 0.642. The Balaban J connectivity index is 1.61. The van der Waals surface area contributed by atoms with E-state index in [9.17, 15) is 0 Å². The molecule has 0 spiro atoms. The van der Waals surface area contributed by atoms with Crippen LogP contribution in [0.3, 0.4) is 0 Å². The van der Waals surface area contributed by atoms with Crippen molar-refractivity contribution in [1.29, 1.82) is 0 Å². The second kappa shape index (κ2) is 4.20. The Morgan fingerprint density at radius 1 is 1.62 bits per heavy atom. The predicted molar refractivity (Wildman–Crippen MR) is 56.2 cm³/mol. The Labute approximate surface area is 83.4 Å². The van der Waals surface area contributed by atoms with Gasteiger partial charge in [0.2, 0.25) is 0 Å². The van der Waals surface area contributed by atoms with Crippen LogP contribution in [0.25, 0.3) is 0 Å². The molecular formula is C10H16N2S. The molecule has 2 nitrogen and oxygen atoms in total. The molecule has 3 heteroatoms. The highest BCUT2D eigenvalue weighted by Gasteiger charge is 2.19. The normalized spacial score (nSPS) is 16.4. The van der Waals surface area contributed by atoms with Gasteiger partial charge in [0.05, 0.1) is 10.7 Å². The molecule has 0 amide bonds. The highest BCUT2D eigenvalue weighted by atomic mass is 32.1. The zero-order chi connectivity index (χ0) is 9.10. The molecule has 1 aliphatic rings. The zero-order valence-electron chi connectivity index (χ0n) is 8.05. The fourth-order valence-electron chi connectivity index (χ4n) is 1.39. The monoisotopic (exact) mass is 196 g/mol. The second-order valence-electron chi connectivity index (χ2n) is 3.69. The quantitative estimate of drug-likeness (QED) is 0.730. The minimum Gasteiger partial charge on any atom is -0.314 e. The third-order valence-corrected chi connectivity index (χ3v) is 3.11. The van der Waals surface area contributed by atoms with Gasteiger partial charge in [0.25, 0.3) is 0 Å². The number of nitrogens with zero attached hydrogens (tertiary/aromatic N) is 1. The van der Waals surface area contributed by atoms with Crippen molar-refractivity contribution in [2.45, 2.75) is 38.6 Å². The highest BCUT2D eigenvalue weighted by molar-refractivity contribution is 7.09. The Morgan fingerprint density at radius 3 is 3.08 bits per heavy atom. The molecule has 0 aromatic carbocycles. The van der Waals surface area contributed by atoms with Gasteiger partial charge in [0.1, 0.15) is 0 Å². The summed E-state index contributed by atoms with van der Waals surface area (Å²) in [5, 5.41) is 6.87. The molecule has 72 valence electrons. The van der Waals surface area contributed by atoms with Crippen LogP contribution in [0.4, 0.5) is 0 Å². The van der Waals surface area contributed by atoms with E-state index in [0.29, 0.717) is 0 Å². The first-order valence-corrected chi connectivity index (χ1v) is 5.87. The minimum atomic E-state index is 0.845. The fourth-order valence-corrected chi connectivity index (χ4v) is 2.03. The first kappa shape index (κ1) is 9.16. The Hall–Kier alpha value is -0.410. The van der Waals surface area contributed by atoms with Gasteiger partial charge in [0.15, 0.2) is 0 Å². The highest BCUT2D eigenvalue weighted by Crippen LogP contribution is 2.18. The van der Waals surface area contributed by atoms with E-state index < -0.39 is 0 Å². The van der Waals surface area contributed by atoms with Gasteiger partial charge in [-0.3, -0.25) is 0 Å². The van der Waals surface area contributed by atoms with Gasteiger partial charge in [-0.15, -0.1) is 11.3 Å². The maximum Gasteiger partial charge on any atom is 0.0897 e. The third-order valence-electron chi connectivity index (χ3n) is 2.29. The third kappa shape index (κ3) is 3.08. The number of aromatic nitrogens is 1. The molecule has 0 bridgehead atoms. The van der Waals surface area contributed by atoms with E-state index in [-0.39, 0.29) is 0 Å². The van der Waals surface area contributed by atoms with Gasteiger partial charge in [-0.2, -0.15) is 0 Å². The minimum absolute atomic E-state index is 0.845. The number of rotatable bonds is 5. The first-order valence-electron chi connectivity index (χ1n) is 4.99. The van der Waals surface area contributed by atoms with Crippen LogP contribution >= 0.6 is 11.3 Å². The average molecular weight is 196 g/mol. The predicted octanol–water partition coefficient (Wildman–Crippen LogP) is 2.14. The van der Waals surface area contributed by atoms with Crippen molar-refractivity contribution in [1.82, 2.24) is 10.3 Å².